The first-order valence-electron chi connectivity index (χ1n) is 6.22. The van der Waals surface area contributed by atoms with Gasteiger partial charge in [0.2, 0.25) is 0 Å². The van der Waals surface area contributed by atoms with Crippen molar-refractivity contribution in [3.05, 3.63) is 27.8 Å². The maximum absolute atomic E-state index is 12.0. The topological polar surface area (TPSA) is 52.6 Å². The number of rotatable bonds is 4. The predicted octanol–water partition coefficient (Wildman–Crippen LogP) is 3.00. The van der Waals surface area contributed by atoms with Crippen molar-refractivity contribution in [1.29, 1.82) is 0 Å². The second kappa shape index (κ2) is 5.87. The number of ketones is 1. The van der Waals surface area contributed by atoms with Crippen LogP contribution in [0.3, 0.4) is 0 Å². The van der Waals surface area contributed by atoms with Gasteiger partial charge < -0.3 is 9.47 Å². The van der Waals surface area contributed by atoms with Crippen molar-refractivity contribution in [2.24, 2.45) is 0 Å². The zero-order valence-corrected chi connectivity index (χ0v) is 12.3. The minimum atomic E-state index is -0.381. The van der Waals surface area contributed by atoms with Crippen LogP contribution in [0, 0.1) is 20.8 Å². The van der Waals surface area contributed by atoms with Crippen LogP contribution in [0.25, 0.3) is 0 Å². The molecule has 0 aliphatic rings. The fraction of sp³-hybridized carbons (Fsp3) is 0.467. The van der Waals surface area contributed by atoms with Crippen molar-refractivity contribution >= 4 is 11.8 Å². The molecule has 0 atom stereocenters. The molecule has 1 aromatic rings. The highest BCUT2D eigenvalue weighted by atomic mass is 16.5. The van der Waals surface area contributed by atoms with Gasteiger partial charge in [-0.05, 0) is 45.7 Å². The molecule has 0 aliphatic carbocycles. The lowest BCUT2D eigenvalue weighted by molar-refractivity contribution is 0.0523. The van der Waals surface area contributed by atoms with Crippen LogP contribution < -0.4 is 4.74 Å². The number of hydrogen-bond donors (Lipinski definition) is 0. The molecule has 0 N–H and O–H groups in total. The zero-order valence-electron chi connectivity index (χ0n) is 12.3. The monoisotopic (exact) mass is 264 g/mol. The molecule has 0 aliphatic heterocycles. The Morgan fingerprint density at radius 2 is 1.53 bits per heavy atom. The Hall–Kier alpha value is -1.84. The minimum absolute atomic E-state index is 0.0732. The summed E-state index contributed by atoms with van der Waals surface area (Å²) in [5.41, 5.74) is 3.20. The number of esters is 1. The van der Waals surface area contributed by atoms with Crippen molar-refractivity contribution < 1.29 is 19.1 Å². The molecule has 104 valence electrons. The van der Waals surface area contributed by atoms with Crippen LogP contribution in [-0.4, -0.2) is 25.5 Å². The normalized spacial score (nSPS) is 10.2. The number of carbonyl (C=O) groups excluding carboxylic acids is 2. The maximum atomic E-state index is 12.0. The van der Waals surface area contributed by atoms with Crippen LogP contribution in [0.15, 0.2) is 0 Å². The smallest absolute Gasteiger partial charge is 0.338 e. The quantitative estimate of drug-likeness (QED) is 0.619. The van der Waals surface area contributed by atoms with Crippen molar-refractivity contribution in [2.45, 2.75) is 34.6 Å². The minimum Gasteiger partial charge on any atom is -0.496 e. The lowest BCUT2D eigenvalue weighted by Crippen LogP contribution is -2.14. The lowest BCUT2D eigenvalue weighted by atomic mass is 9.90. The summed E-state index contributed by atoms with van der Waals surface area (Å²) < 4.78 is 10.4. The first-order valence-corrected chi connectivity index (χ1v) is 6.22. The fourth-order valence-electron chi connectivity index (χ4n) is 2.32. The van der Waals surface area contributed by atoms with Crippen LogP contribution in [0.5, 0.6) is 5.75 Å². The first kappa shape index (κ1) is 15.2. The van der Waals surface area contributed by atoms with Crippen LogP contribution >= 0.6 is 0 Å². The van der Waals surface area contributed by atoms with E-state index < -0.39 is 0 Å². The largest absolute Gasteiger partial charge is 0.496 e. The van der Waals surface area contributed by atoms with E-state index in [1.165, 1.54) is 14.0 Å². The average molecular weight is 264 g/mol. The molecule has 0 saturated carbocycles. The van der Waals surface area contributed by atoms with Crippen LogP contribution in [0.4, 0.5) is 0 Å². The molecule has 0 spiro atoms. The van der Waals surface area contributed by atoms with E-state index in [1.54, 1.807) is 13.8 Å². The van der Waals surface area contributed by atoms with Crippen LogP contribution in [0.2, 0.25) is 0 Å². The Balaban J connectivity index is 3.65. The standard InChI is InChI=1S/C15H20O4/c1-7-19-15(17)12-8(2)9(3)13(11(5)16)14(18-6)10(12)4/h7H2,1-6H3. The maximum Gasteiger partial charge on any atom is 0.338 e. The van der Waals surface area contributed by atoms with Crippen molar-refractivity contribution in [2.75, 3.05) is 13.7 Å². The number of Topliss-reactive ketones (excluding diaryl/α,β-unsaturated/α-hetero) is 1. The summed E-state index contributed by atoms with van der Waals surface area (Å²) >= 11 is 0. The summed E-state index contributed by atoms with van der Waals surface area (Å²) in [6.07, 6.45) is 0. The number of carbonyl (C=O) groups is 2. The van der Waals surface area contributed by atoms with Gasteiger partial charge in [-0.15, -0.1) is 0 Å². The predicted molar refractivity (Wildman–Crippen MR) is 73.2 cm³/mol. The van der Waals surface area contributed by atoms with Gasteiger partial charge >= 0.3 is 5.97 Å². The average Bonchev–Trinajstić information content (AvgIpc) is 2.33. The Morgan fingerprint density at radius 1 is 1.00 bits per heavy atom. The van der Waals surface area contributed by atoms with E-state index in [-0.39, 0.29) is 11.8 Å². The van der Waals surface area contributed by atoms with Gasteiger partial charge in [0.25, 0.3) is 0 Å². The molecule has 0 fully saturated rings. The molecule has 0 amide bonds. The van der Waals surface area contributed by atoms with Crippen molar-refractivity contribution in [3.8, 4) is 5.75 Å². The molecule has 0 unspecified atom stereocenters. The third-order valence-corrected chi connectivity index (χ3v) is 3.29. The van der Waals surface area contributed by atoms with E-state index in [4.69, 9.17) is 9.47 Å². The molecule has 0 aromatic heterocycles. The summed E-state index contributed by atoms with van der Waals surface area (Å²) in [7, 11) is 1.50. The second-order valence-electron chi connectivity index (χ2n) is 4.43. The Morgan fingerprint density at radius 3 is 1.95 bits per heavy atom. The summed E-state index contributed by atoms with van der Waals surface area (Å²) in [4.78, 5) is 23.8. The van der Waals surface area contributed by atoms with E-state index in [1.807, 2.05) is 13.8 Å². The second-order valence-corrected chi connectivity index (χ2v) is 4.43. The molecular weight excluding hydrogens is 244 g/mol. The summed E-state index contributed by atoms with van der Waals surface area (Å²) in [6.45, 7) is 8.97. The molecule has 0 bridgehead atoms. The Kier molecular flexibility index (Phi) is 4.70. The third kappa shape index (κ3) is 2.62. The highest BCUT2D eigenvalue weighted by Gasteiger charge is 2.24. The van der Waals surface area contributed by atoms with E-state index in [2.05, 4.69) is 0 Å². The Labute approximate surface area is 113 Å². The van der Waals surface area contributed by atoms with Crippen molar-refractivity contribution in [3.63, 3.8) is 0 Å². The molecule has 19 heavy (non-hydrogen) atoms. The van der Waals surface area contributed by atoms with Gasteiger partial charge in [0.15, 0.2) is 5.78 Å². The molecule has 1 aromatic carbocycles. The Bertz CT molecular complexity index is 530. The van der Waals surface area contributed by atoms with E-state index in [0.29, 0.717) is 29.0 Å². The molecular formula is C15H20O4. The summed E-state index contributed by atoms with van der Waals surface area (Å²) in [6, 6.07) is 0. The highest BCUT2D eigenvalue weighted by molar-refractivity contribution is 6.02. The number of ether oxygens (including phenoxy) is 2. The number of hydrogen-bond acceptors (Lipinski definition) is 4. The zero-order chi connectivity index (χ0) is 14.7. The number of methoxy groups -OCH3 is 1. The van der Waals surface area contributed by atoms with Gasteiger partial charge in [-0.1, -0.05) is 0 Å². The van der Waals surface area contributed by atoms with E-state index in [0.717, 1.165) is 11.1 Å². The third-order valence-electron chi connectivity index (χ3n) is 3.29. The molecule has 0 saturated heterocycles. The van der Waals surface area contributed by atoms with Crippen molar-refractivity contribution in [1.82, 2.24) is 0 Å². The van der Waals surface area contributed by atoms with E-state index >= 15 is 0 Å². The molecule has 0 radical (unpaired) electrons. The highest BCUT2D eigenvalue weighted by Crippen LogP contribution is 2.33. The van der Waals surface area contributed by atoms with Gasteiger partial charge in [-0.2, -0.15) is 0 Å². The molecule has 4 nitrogen and oxygen atoms in total. The summed E-state index contributed by atoms with van der Waals surface area (Å²) in [5.74, 6) is 0.00335. The molecule has 4 heteroatoms. The lowest BCUT2D eigenvalue weighted by Gasteiger charge is -2.19. The van der Waals surface area contributed by atoms with Gasteiger partial charge in [0.05, 0.1) is 24.8 Å². The van der Waals surface area contributed by atoms with Crippen LogP contribution in [-0.2, 0) is 4.74 Å². The molecule has 0 heterocycles. The van der Waals surface area contributed by atoms with E-state index in [9.17, 15) is 9.59 Å². The van der Waals surface area contributed by atoms with Gasteiger partial charge in [-0.3, -0.25) is 4.79 Å². The van der Waals surface area contributed by atoms with Gasteiger partial charge in [-0.25, -0.2) is 4.79 Å². The molecule has 1 rings (SSSR count). The summed E-state index contributed by atoms with van der Waals surface area (Å²) in [5, 5.41) is 0. The SMILES string of the molecule is CCOC(=O)c1c(C)c(C)c(C(C)=O)c(OC)c1C. The first-order chi connectivity index (χ1) is 8.86. The van der Waals surface area contributed by atoms with Gasteiger partial charge in [0.1, 0.15) is 5.75 Å². The fourth-order valence-corrected chi connectivity index (χ4v) is 2.32. The number of benzene rings is 1. The van der Waals surface area contributed by atoms with Crippen LogP contribution in [0.1, 0.15) is 51.3 Å². The van der Waals surface area contributed by atoms with Gasteiger partial charge in [0, 0.05) is 5.56 Å².